The van der Waals surface area contributed by atoms with Crippen LogP contribution in [0, 0.1) is 6.92 Å². The molecule has 176 valence electrons. The van der Waals surface area contributed by atoms with Gasteiger partial charge in [-0.05, 0) is 64.0 Å². The molecule has 1 fully saturated rings. The molecule has 6 nitrogen and oxygen atoms in total. The molecule has 1 atom stereocenters. The number of anilines is 2. The first kappa shape index (κ1) is 23.2. The van der Waals surface area contributed by atoms with E-state index in [0.29, 0.717) is 22.9 Å². The molecule has 1 saturated heterocycles. The van der Waals surface area contributed by atoms with Gasteiger partial charge in [0.2, 0.25) is 0 Å². The standard InChI is InChI=1S/C24H29F3N6/c1-15-19(6-5-7-21(15)24(25,26)27)16(2)30-23-20-12-18(13-28-22(20)14-29-31-23)33-10-8-17(9-11-33)32(3)4/h5-7,12-14,16-17H,8-11H2,1-4H3,(H,30,31)/t16-/m1/s1. The molecule has 0 amide bonds. The predicted molar refractivity (Wildman–Crippen MR) is 124 cm³/mol. The third kappa shape index (κ3) is 4.88. The molecule has 3 aromatic rings. The quantitative estimate of drug-likeness (QED) is 0.577. The molecular weight excluding hydrogens is 429 g/mol. The van der Waals surface area contributed by atoms with E-state index in [4.69, 9.17) is 0 Å². The molecule has 4 rings (SSSR count). The number of aromatic nitrogens is 3. The van der Waals surface area contributed by atoms with Gasteiger partial charge in [0.15, 0.2) is 5.82 Å². The Morgan fingerprint density at radius 3 is 2.55 bits per heavy atom. The molecular formula is C24H29F3N6. The lowest BCUT2D eigenvalue weighted by Gasteiger charge is -2.36. The van der Waals surface area contributed by atoms with Crippen molar-refractivity contribution in [2.75, 3.05) is 37.4 Å². The molecule has 0 saturated carbocycles. The number of hydrogen-bond acceptors (Lipinski definition) is 6. The van der Waals surface area contributed by atoms with E-state index in [2.05, 4.69) is 44.4 Å². The smallest absolute Gasteiger partial charge is 0.370 e. The van der Waals surface area contributed by atoms with E-state index >= 15 is 0 Å². The summed E-state index contributed by atoms with van der Waals surface area (Å²) in [6.45, 7) is 5.21. The molecule has 33 heavy (non-hydrogen) atoms. The summed E-state index contributed by atoms with van der Waals surface area (Å²) in [4.78, 5) is 9.16. The van der Waals surface area contributed by atoms with Crippen molar-refractivity contribution in [3.05, 3.63) is 53.3 Å². The van der Waals surface area contributed by atoms with Gasteiger partial charge in [-0.15, -0.1) is 5.10 Å². The number of nitrogens with zero attached hydrogens (tertiary/aromatic N) is 5. The third-order valence-corrected chi connectivity index (χ3v) is 6.56. The van der Waals surface area contributed by atoms with Crippen LogP contribution in [0.3, 0.4) is 0 Å². The first-order valence-corrected chi connectivity index (χ1v) is 11.1. The molecule has 3 heterocycles. The van der Waals surface area contributed by atoms with Gasteiger partial charge in [0.25, 0.3) is 0 Å². The van der Waals surface area contributed by atoms with Crippen molar-refractivity contribution < 1.29 is 13.2 Å². The lowest BCUT2D eigenvalue weighted by molar-refractivity contribution is -0.138. The average Bonchev–Trinajstić information content (AvgIpc) is 2.78. The van der Waals surface area contributed by atoms with Crippen molar-refractivity contribution in [1.29, 1.82) is 0 Å². The van der Waals surface area contributed by atoms with E-state index < -0.39 is 17.8 Å². The van der Waals surface area contributed by atoms with Crippen LogP contribution in [0.15, 0.2) is 36.7 Å². The Bertz CT molecular complexity index is 1120. The van der Waals surface area contributed by atoms with Crippen LogP contribution in [0.2, 0.25) is 0 Å². The number of hydrogen-bond donors (Lipinski definition) is 1. The van der Waals surface area contributed by atoms with Gasteiger partial charge < -0.3 is 15.1 Å². The minimum Gasteiger partial charge on any atom is -0.370 e. The maximum Gasteiger partial charge on any atom is 0.416 e. The predicted octanol–water partition coefficient (Wildman–Crippen LogP) is 5.06. The van der Waals surface area contributed by atoms with Crippen LogP contribution in [-0.4, -0.2) is 53.3 Å². The molecule has 0 unspecified atom stereocenters. The second-order valence-electron chi connectivity index (χ2n) is 8.88. The normalized spacial score (nSPS) is 16.4. The summed E-state index contributed by atoms with van der Waals surface area (Å²) >= 11 is 0. The van der Waals surface area contributed by atoms with Crippen molar-refractivity contribution in [1.82, 2.24) is 20.1 Å². The van der Waals surface area contributed by atoms with E-state index in [-0.39, 0.29) is 5.56 Å². The molecule has 0 spiro atoms. The zero-order valence-corrected chi connectivity index (χ0v) is 19.3. The van der Waals surface area contributed by atoms with E-state index in [1.54, 1.807) is 12.3 Å². The van der Waals surface area contributed by atoms with Crippen LogP contribution in [-0.2, 0) is 6.18 Å². The Balaban J connectivity index is 1.61. The number of piperidine rings is 1. The lowest BCUT2D eigenvalue weighted by atomic mass is 9.97. The van der Waals surface area contributed by atoms with Gasteiger partial charge in [0, 0.05) is 24.5 Å². The highest BCUT2D eigenvalue weighted by atomic mass is 19.4. The summed E-state index contributed by atoms with van der Waals surface area (Å²) in [6.07, 6.45) is 1.22. The highest BCUT2D eigenvalue weighted by Gasteiger charge is 2.33. The van der Waals surface area contributed by atoms with E-state index in [1.165, 1.54) is 13.0 Å². The molecule has 1 N–H and O–H groups in total. The molecule has 1 aliphatic heterocycles. The number of nitrogens with one attached hydrogen (secondary N) is 1. The maximum absolute atomic E-state index is 13.4. The summed E-state index contributed by atoms with van der Waals surface area (Å²) < 4.78 is 40.1. The van der Waals surface area contributed by atoms with Gasteiger partial charge in [0.1, 0.15) is 0 Å². The zero-order valence-electron chi connectivity index (χ0n) is 19.3. The Morgan fingerprint density at radius 1 is 1.15 bits per heavy atom. The minimum absolute atomic E-state index is 0.209. The summed E-state index contributed by atoms with van der Waals surface area (Å²) in [5.41, 5.74) is 1.85. The number of benzene rings is 1. The lowest BCUT2D eigenvalue weighted by Crippen LogP contribution is -2.42. The second kappa shape index (κ2) is 9.13. The van der Waals surface area contributed by atoms with E-state index in [0.717, 1.165) is 43.1 Å². The Kier molecular flexibility index (Phi) is 6.43. The summed E-state index contributed by atoms with van der Waals surface area (Å²) in [7, 11) is 4.23. The Morgan fingerprint density at radius 2 is 1.88 bits per heavy atom. The third-order valence-electron chi connectivity index (χ3n) is 6.56. The Hall–Kier alpha value is -2.94. The highest BCUT2D eigenvalue weighted by molar-refractivity contribution is 5.90. The highest BCUT2D eigenvalue weighted by Crippen LogP contribution is 2.35. The van der Waals surface area contributed by atoms with Crippen LogP contribution in [0.25, 0.3) is 10.9 Å². The van der Waals surface area contributed by atoms with Crippen LogP contribution < -0.4 is 10.2 Å². The van der Waals surface area contributed by atoms with Gasteiger partial charge in [-0.25, -0.2) is 0 Å². The number of pyridine rings is 1. The summed E-state index contributed by atoms with van der Waals surface area (Å²) in [6, 6.07) is 6.48. The number of halogens is 3. The monoisotopic (exact) mass is 458 g/mol. The molecule has 0 aliphatic carbocycles. The topological polar surface area (TPSA) is 57.2 Å². The number of alkyl halides is 3. The van der Waals surface area contributed by atoms with E-state index in [1.807, 2.05) is 19.2 Å². The van der Waals surface area contributed by atoms with Crippen LogP contribution in [0.1, 0.15) is 42.5 Å². The fourth-order valence-corrected chi connectivity index (χ4v) is 4.58. The Labute approximate surface area is 191 Å². The van der Waals surface area contributed by atoms with Crippen molar-refractivity contribution in [2.24, 2.45) is 0 Å². The van der Waals surface area contributed by atoms with Gasteiger partial charge in [-0.3, -0.25) is 4.98 Å². The number of rotatable bonds is 5. The van der Waals surface area contributed by atoms with Gasteiger partial charge in [0.05, 0.1) is 35.2 Å². The van der Waals surface area contributed by atoms with Gasteiger partial charge in [-0.1, -0.05) is 12.1 Å². The fraction of sp³-hybridized carbons (Fsp3) is 0.458. The first-order chi connectivity index (χ1) is 15.6. The average molecular weight is 459 g/mol. The van der Waals surface area contributed by atoms with Crippen molar-refractivity contribution in [3.63, 3.8) is 0 Å². The summed E-state index contributed by atoms with van der Waals surface area (Å²) in [5.74, 6) is 0.509. The fourth-order valence-electron chi connectivity index (χ4n) is 4.58. The van der Waals surface area contributed by atoms with E-state index in [9.17, 15) is 13.2 Å². The van der Waals surface area contributed by atoms with Crippen LogP contribution >= 0.6 is 0 Å². The second-order valence-corrected chi connectivity index (χ2v) is 8.88. The molecule has 1 aliphatic rings. The maximum atomic E-state index is 13.4. The zero-order chi connectivity index (χ0) is 23.8. The molecule has 1 aromatic carbocycles. The van der Waals surface area contributed by atoms with Crippen molar-refractivity contribution in [2.45, 2.75) is 44.9 Å². The van der Waals surface area contributed by atoms with Gasteiger partial charge in [-0.2, -0.15) is 18.3 Å². The minimum atomic E-state index is -4.39. The van der Waals surface area contributed by atoms with Crippen LogP contribution in [0.5, 0.6) is 0 Å². The van der Waals surface area contributed by atoms with Crippen molar-refractivity contribution in [3.8, 4) is 0 Å². The molecule has 0 radical (unpaired) electrons. The van der Waals surface area contributed by atoms with Gasteiger partial charge >= 0.3 is 6.18 Å². The largest absolute Gasteiger partial charge is 0.416 e. The first-order valence-electron chi connectivity index (χ1n) is 11.1. The summed E-state index contributed by atoms with van der Waals surface area (Å²) in [5, 5.41) is 12.3. The van der Waals surface area contributed by atoms with Crippen molar-refractivity contribution >= 4 is 22.4 Å². The molecule has 2 aromatic heterocycles. The molecule has 0 bridgehead atoms. The molecule has 9 heteroatoms. The number of fused-ring (bicyclic) bond motifs is 1. The van der Waals surface area contributed by atoms with Crippen LogP contribution in [0.4, 0.5) is 24.7 Å². The SMILES string of the molecule is Cc1c([C@@H](C)Nc2nncc3ncc(N4CCC(N(C)C)CC4)cc23)cccc1C(F)(F)F.